The Morgan fingerprint density at radius 1 is 1.03 bits per heavy atom. The molecule has 0 aromatic heterocycles. The Labute approximate surface area is 183 Å². The van der Waals surface area contributed by atoms with Gasteiger partial charge in [-0.1, -0.05) is 60.5 Å². The number of carbonyl (C=O) groups is 1. The van der Waals surface area contributed by atoms with Crippen molar-refractivity contribution in [2.75, 3.05) is 6.54 Å². The summed E-state index contributed by atoms with van der Waals surface area (Å²) in [7, 11) is 0. The van der Waals surface area contributed by atoms with Crippen LogP contribution in [0.1, 0.15) is 42.0 Å². The van der Waals surface area contributed by atoms with Gasteiger partial charge in [-0.05, 0) is 59.5 Å². The molecule has 1 saturated heterocycles. The van der Waals surface area contributed by atoms with Crippen molar-refractivity contribution in [3.8, 4) is 0 Å². The summed E-state index contributed by atoms with van der Waals surface area (Å²) in [5.74, 6) is -0.979. The third kappa shape index (κ3) is 4.27. The average molecular weight is 448 g/mol. The smallest absolute Gasteiger partial charge is 0.416 e. The second kappa shape index (κ2) is 8.52. The van der Waals surface area contributed by atoms with Crippen LogP contribution in [-0.4, -0.2) is 28.6 Å². The predicted molar refractivity (Wildman–Crippen MR) is 114 cm³/mol. The molecule has 0 radical (unpaired) electrons. The number of nitrogens with zero attached hydrogens (tertiary/aromatic N) is 1. The van der Waals surface area contributed by atoms with Gasteiger partial charge in [0.05, 0.1) is 11.6 Å². The van der Waals surface area contributed by atoms with E-state index >= 15 is 0 Å². The summed E-state index contributed by atoms with van der Waals surface area (Å²) in [5, 5.41) is 11.8. The molecule has 4 rings (SSSR count). The largest absolute Gasteiger partial charge is 0.480 e. The fourth-order valence-electron chi connectivity index (χ4n) is 4.47. The number of likely N-dealkylation sites (tertiary alicyclic amines) is 1. The molecule has 0 bridgehead atoms. The molecule has 31 heavy (non-hydrogen) atoms. The summed E-state index contributed by atoms with van der Waals surface area (Å²) >= 11 is 6.45. The molecular formula is C24H21ClF3NO2. The first-order valence-electron chi connectivity index (χ1n) is 10.1. The van der Waals surface area contributed by atoms with Gasteiger partial charge in [0.25, 0.3) is 0 Å². The molecule has 2 atom stereocenters. The van der Waals surface area contributed by atoms with E-state index in [1.165, 1.54) is 6.07 Å². The highest BCUT2D eigenvalue weighted by Gasteiger charge is 2.38. The SMILES string of the molecule is O=C(O)C1CCCCN1C(c1cc(C(F)(F)F)ccc1Cl)c1cccc2ccccc12. The molecule has 0 spiro atoms. The molecule has 0 amide bonds. The van der Waals surface area contributed by atoms with E-state index in [0.29, 0.717) is 13.0 Å². The zero-order valence-corrected chi connectivity index (χ0v) is 17.3. The molecule has 2 unspecified atom stereocenters. The molecule has 0 aliphatic carbocycles. The number of piperidine rings is 1. The summed E-state index contributed by atoms with van der Waals surface area (Å²) in [4.78, 5) is 13.8. The summed E-state index contributed by atoms with van der Waals surface area (Å²) in [6.45, 7) is 0.456. The van der Waals surface area contributed by atoms with Gasteiger partial charge in [-0.2, -0.15) is 13.2 Å². The maximum Gasteiger partial charge on any atom is 0.416 e. The molecule has 1 N–H and O–H groups in total. The van der Waals surface area contributed by atoms with Gasteiger partial charge in [-0.3, -0.25) is 9.69 Å². The van der Waals surface area contributed by atoms with Crippen molar-refractivity contribution in [1.82, 2.24) is 4.90 Å². The molecule has 1 aliphatic rings. The minimum atomic E-state index is -4.53. The van der Waals surface area contributed by atoms with Crippen LogP contribution in [0.25, 0.3) is 10.8 Å². The minimum absolute atomic E-state index is 0.181. The van der Waals surface area contributed by atoms with E-state index in [2.05, 4.69) is 0 Å². The van der Waals surface area contributed by atoms with E-state index in [4.69, 9.17) is 11.6 Å². The van der Waals surface area contributed by atoms with Gasteiger partial charge in [-0.15, -0.1) is 0 Å². The summed E-state index contributed by atoms with van der Waals surface area (Å²) in [5.41, 5.74) is 0.203. The van der Waals surface area contributed by atoms with Crippen molar-refractivity contribution in [1.29, 1.82) is 0 Å². The van der Waals surface area contributed by atoms with E-state index in [0.717, 1.165) is 41.3 Å². The number of carboxylic acid groups (broad SMARTS) is 1. The number of fused-ring (bicyclic) bond motifs is 1. The lowest BCUT2D eigenvalue weighted by Gasteiger charge is -2.40. The Morgan fingerprint density at radius 2 is 1.77 bits per heavy atom. The highest BCUT2D eigenvalue weighted by Crippen LogP contribution is 2.42. The molecule has 1 aliphatic heterocycles. The number of carboxylic acids is 1. The van der Waals surface area contributed by atoms with Gasteiger partial charge in [0.1, 0.15) is 6.04 Å². The predicted octanol–water partition coefficient (Wildman–Crippen LogP) is 6.54. The van der Waals surface area contributed by atoms with Crippen molar-refractivity contribution in [2.24, 2.45) is 0 Å². The lowest BCUT2D eigenvalue weighted by molar-refractivity contribution is -0.145. The van der Waals surface area contributed by atoms with Crippen molar-refractivity contribution in [3.05, 3.63) is 82.4 Å². The maximum absolute atomic E-state index is 13.5. The maximum atomic E-state index is 13.5. The minimum Gasteiger partial charge on any atom is -0.480 e. The Hall–Kier alpha value is -2.57. The fraction of sp³-hybridized carbons (Fsp3) is 0.292. The first-order chi connectivity index (χ1) is 14.8. The van der Waals surface area contributed by atoms with Crippen LogP contribution in [0.3, 0.4) is 0 Å². The van der Waals surface area contributed by atoms with Gasteiger partial charge in [0.2, 0.25) is 0 Å². The van der Waals surface area contributed by atoms with Crippen LogP contribution >= 0.6 is 11.6 Å². The van der Waals surface area contributed by atoms with Gasteiger partial charge in [-0.25, -0.2) is 0 Å². The molecule has 162 valence electrons. The number of alkyl halides is 3. The second-order valence-electron chi connectivity index (χ2n) is 7.79. The standard InChI is InChI=1S/C24H21ClF3NO2/c25-20-12-11-16(24(26,27)28)14-19(20)22(29-13-4-3-10-21(29)23(30)31)18-9-5-7-15-6-1-2-8-17(15)18/h1-2,5-9,11-12,14,21-22H,3-4,10,13H2,(H,30,31). The van der Waals surface area contributed by atoms with Crippen LogP contribution in [0.5, 0.6) is 0 Å². The topological polar surface area (TPSA) is 40.5 Å². The molecule has 3 aromatic rings. The zero-order valence-electron chi connectivity index (χ0n) is 16.6. The lowest BCUT2D eigenvalue weighted by atomic mass is 9.88. The first kappa shape index (κ1) is 21.7. The van der Waals surface area contributed by atoms with Crippen LogP contribution in [-0.2, 0) is 11.0 Å². The van der Waals surface area contributed by atoms with Gasteiger partial charge >= 0.3 is 12.1 Å². The quantitative estimate of drug-likeness (QED) is 0.493. The molecule has 0 saturated carbocycles. The van der Waals surface area contributed by atoms with Crippen LogP contribution in [0.2, 0.25) is 5.02 Å². The third-order valence-electron chi connectivity index (χ3n) is 5.90. The van der Waals surface area contributed by atoms with Gasteiger partial charge in [0.15, 0.2) is 0 Å². The van der Waals surface area contributed by atoms with Crippen LogP contribution in [0.15, 0.2) is 60.7 Å². The monoisotopic (exact) mass is 447 g/mol. The summed E-state index contributed by atoms with van der Waals surface area (Å²) < 4.78 is 40.5. The first-order valence-corrected chi connectivity index (χ1v) is 10.5. The van der Waals surface area contributed by atoms with Crippen LogP contribution < -0.4 is 0 Å². The highest BCUT2D eigenvalue weighted by atomic mass is 35.5. The highest BCUT2D eigenvalue weighted by molar-refractivity contribution is 6.31. The number of halogens is 4. The lowest BCUT2D eigenvalue weighted by Crippen LogP contribution is -2.47. The van der Waals surface area contributed by atoms with Crippen molar-refractivity contribution >= 4 is 28.3 Å². The van der Waals surface area contributed by atoms with Crippen LogP contribution in [0, 0.1) is 0 Å². The zero-order chi connectivity index (χ0) is 22.2. The van der Waals surface area contributed by atoms with E-state index in [1.807, 2.05) is 42.5 Å². The number of rotatable bonds is 4. The van der Waals surface area contributed by atoms with Gasteiger partial charge in [0, 0.05) is 5.02 Å². The normalized spacial score (nSPS) is 18.8. The Kier molecular flexibility index (Phi) is 5.95. The molecule has 3 aromatic carbocycles. The van der Waals surface area contributed by atoms with Crippen molar-refractivity contribution in [2.45, 2.75) is 37.5 Å². The molecular weight excluding hydrogens is 427 g/mol. The van der Waals surface area contributed by atoms with Crippen molar-refractivity contribution in [3.63, 3.8) is 0 Å². The Balaban J connectivity index is 1.97. The van der Waals surface area contributed by atoms with Crippen LogP contribution in [0.4, 0.5) is 13.2 Å². The summed E-state index contributed by atoms with van der Waals surface area (Å²) in [6.07, 6.45) is -2.57. The van der Waals surface area contributed by atoms with E-state index < -0.39 is 29.8 Å². The average Bonchev–Trinajstić information content (AvgIpc) is 2.75. The third-order valence-corrected chi connectivity index (χ3v) is 6.24. The molecule has 1 fully saturated rings. The number of benzene rings is 3. The Bertz CT molecular complexity index is 1110. The van der Waals surface area contributed by atoms with E-state index in [9.17, 15) is 23.1 Å². The Morgan fingerprint density at radius 3 is 2.52 bits per heavy atom. The van der Waals surface area contributed by atoms with Crippen molar-refractivity contribution < 1.29 is 23.1 Å². The van der Waals surface area contributed by atoms with E-state index in [-0.39, 0.29) is 10.6 Å². The molecule has 7 heteroatoms. The fourth-order valence-corrected chi connectivity index (χ4v) is 4.69. The molecule has 3 nitrogen and oxygen atoms in total. The van der Waals surface area contributed by atoms with E-state index in [1.54, 1.807) is 4.90 Å². The summed E-state index contributed by atoms with van der Waals surface area (Å²) in [6, 6.07) is 14.9. The van der Waals surface area contributed by atoms with Gasteiger partial charge < -0.3 is 5.11 Å². The number of hydrogen-bond donors (Lipinski definition) is 1. The second-order valence-corrected chi connectivity index (χ2v) is 8.20. The molecule has 1 heterocycles. The number of aliphatic carboxylic acids is 1. The number of hydrogen-bond acceptors (Lipinski definition) is 2.